The van der Waals surface area contributed by atoms with E-state index in [2.05, 4.69) is 0 Å². The summed E-state index contributed by atoms with van der Waals surface area (Å²) in [5.41, 5.74) is 2.60. The van der Waals surface area contributed by atoms with Crippen LogP contribution in [0.1, 0.15) is 11.5 Å². The molecule has 2 aliphatic rings. The number of benzene rings is 3. The minimum absolute atomic E-state index is 0.0471. The van der Waals surface area contributed by atoms with Crippen LogP contribution in [0.5, 0.6) is 0 Å². The van der Waals surface area contributed by atoms with Crippen molar-refractivity contribution in [3.8, 4) is 11.1 Å². The molecule has 1 N–H and O–H groups in total. The fraction of sp³-hybridized carbons (Fsp3) is 0.240. The van der Waals surface area contributed by atoms with Crippen molar-refractivity contribution < 1.29 is 27.1 Å². The smallest absolute Gasteiger partial charge is 0.243 e. The summed E-state index contributed by atoms with van der Waals surface area (Å²) in [6.07, 6.45) is 0. The maximum Gasteiger partial charge on any atom is 0.243 e. The van der Waals surface area contributed by atoms with Crippen LogP contribution >= 0.6 is 0 Å². The lowest BCUT2D eigenvalue weighted by molar-refractivity contribution is -0.158. The van der Waals surface area contributed by atoms with Crippen LogP contribution in [-0.4, -0.2) is 60.4 Å². The number of hydrogen-bond acceptors (Lipinski definition) is 4. The van der Waals surface area contributed by atoms with Crippen molar-refractivity contribution in [2.24, 2.45) is 0 Å². The van der Waals surface area contributed by atoms with Crippen LogP contribution in [0.15, 0.2) is 77.7 Å². The molecule has 1 amide bonds. The van der Waals surface area contributed by atoms with E-state index in [1.807, 2.05) is 24.3 Å². The lowest BCUT2D eigenvalue weighted by Gasteiger charge is -2.58. The summed E-state index contributed by atoms with van der Waals surface area (Å²) in [4.78, 5) is 14.2. The Kier molecular flexibility index (Phi) is 5.71. The van der Waals surface area contributed by atoms with E-state index in [4.69, 9.17) is 0 Å². The van der Waals surface area contributed by atoms with Gasteiger partial charge < -0.3 is 10.0 Å². The molecule has 3 aromatic rings. The van der Waals surface area contributed by atoms with Crippen molar-refractivity contribution in [2.75, 3.05) is 19.7 Å². The average Bonchev–Trinajstić information content (AvgIpc) is 2.81. The molecular formula is C25H22F2N2O4S. The van der Waals surface area contributed by atoms with Crippen LogP contribution in [0.2, 0.25) is 0 Å². The summed E-state index contributed by atoms with van der Waals surface area (Å²) >= 11 is 0. The predicted octanol–water partition coefficient (Wildman–Crippen LogP) is 2.99. The van der Waals surface area contributed by atoms with E-state index in [1.54, 1.807) is 17.0 Å². The average molecular weight is 485 g/mol. The zero-order valence-electron chi connectivity index (χ0n) is 18.0. The van der Waals surface area contributed by atoms with Crippen molar-refractivity contribution in [1.82, 2.24) is 9.21 Å². The van der Waals surface area contributed by atoms with E-state index in [9.17, 15) is 27.1 Å². The molecule has 3 aromatic carbocycles. The molecule has 2 fully saturated rings. The van der Waals surface area contributed by atoms with Crippen LogP contribution in [0, 0.1) is 11.6 Å². The summed E-state index contributed by atoms with van der Waals surface area (Å²) in [5, 5.41) is 9.96. The van der Waals surface area contributed by atoms with Gasteiger partial charge in [-0.25, -0.2) is 17.2 Å². The number of amides is 1. The van der Waals surface area contributed by atoms with Gasteiger partial charge in [0, 0.05) is 12.5 Å². The minimum Gasteiger partial charge on any atom is -0.394 e. The second-order valence-electron chi connectivity index (χ2n) is 8.53. The SMILES string of the molecule is O=C1CN(S(=O)(=O)c2cccc(F)c2)C[C@@H]2[C@@H](c3ccc(-c4ccc(F)cc4)cc3)[C@@H](CO)N12. The van der Waals surface area contributed by atoms with Crippen LogP contribution in [0.3, 0.4) is 0 Å². The van der Waals surface area contributed by atoms with Gasteiger partial charge in [-0.3, -0.25) is 4.79 Å². The zero-order valence-corrected chi connectivity index (χ0v) is 18.8. The number of nitrogens with zero attached hydrogens (tertiary/aromatic N) is 2. The van der Waals surface area contributed by atoms with Crippen molar-refractivity contribution in [3.63, 3.8) is 0 Å². The van der Waals surface area contributed by atoms with E-state index < -0.39 is 33.8 Å². The quantitative estimate of drug-likeness (QED) is 0.604. The van der Waals surface area contributed by atoms with Crippen molar-refractivity contribution in [1.29, 1.82) is 0 Å². The van der Waals surface area contributed by atoms with Gasteiger partial charge in [-0.15, -0.1) is 0 Å². The first-order valence-corrected chi connectivity index (χ1v) is 12.3. The van der Waals surface area contributed by atoms with Gasteiger partial charge in [0.1, 0.15) is 11.6 Å². The van der Waals surface area contributed by atoms with E-state index in [-0.39, 0.29) is 36.3 Å². The van der Waals surface area contributed by atoms with Crippen LogP contribution in [-0.2, 0) is 14.8 Å². The van der Waals surface area contributed by atoms with Gasteiger partial charge in [-0.05, 0) is 47.0 Å². The topological polar surface area (TPSA) is 77.9 Å². The number of carbonyl (C=O) groups is 1. The Hall–Kier alpha value is -3.14. The summed E-state index contributed by atoms with van der Waals surface area (Å²) in [7, 11) is -4.06. The molecule has 9 heteroatoms. The van der Waals surface area contributed by atoms with E-state index >= 15 is 0 Å². The maximum atomic E-state index is 13.6. The molecule has 0 aliphatic carbocycles. The number of aliphatic hydroxyl groups is 1. The summed E-state index contributed by atoms with van der Waals surface area (Å²) in [6, 6.07) is 17.5. The fourth-order valence-corrected chi connectivity index (χ4v) is 6.41. The standard InChI is InChI=1S/C25H22F2N2O4S/c26-19-10-8-17(9-11-19)16-4-6-18(7-5-16)25-22-13-28(14-24(31)29(22)23(25)15-30)34(32,33)21-3-1-2-20(27)12-21/h1-12,22-23,25,30H,13-15H2/t22-,23-,25-/m1/s1. The Labute approximate surface area is 196 Å². The molecule has 6 nitrogen and oxygen atoms in total. The summed E-state index contributed by atoms with van der Waals surface area (Å²) in [5.74, 6) is -1.65. The summed E-state index contributed by atoms with van der Waals surface area (Å²) < 4.78 is 54.1. The number of halogens is 2. The molecule has 0 aromatic heterocycles. The minimum atomic E-state index is -4.06. The monoisotopic (exact) mass is 484 g/mol. The van der Waals surface area contributed by atoms with Crippen LogP contribution < -0.4 is 0 Å². The fourth-order valence-electron chi connectivity index (χ4n) is 4.97. The second-order valence-corrected chi connectivity index (χ2v) is 10.5. The number of piperazine rings is 1. The highest BCUT2D eigenvalue weighted by Gasteiger charge is 2.55. The van der Waals surface area contributed by atoms with Crippen molar-refractivity contribution in [2.45, 2.75) is 22.9 Å². The number of hydrogen-bond donors (Lipinski definition) is 1. The third kappa shape index (κ3) is 3.79. The largest absolute Gasteiger partial charge is 0.394 e. The van der Waals surface area contributed by atoms with Crippen LogP contribution in [0.25, 0.3) is 11.1 Å². The van der Waals surface area contributed by atoms with Gasteiger partial charge >= 0.3 is 0 Å². The van der Waals surface area contributed by atoms with Gasteiger partial charge in [-0.1, -0.05) is 42.5 Å². The molecule has 5 rings (SSSR count). The van der Waals surface area contributed by atoms with Crippen molar-refractivity contribution in [3.05, 3.63) is 90.0 Å². The molecule has 176 valence electrons. The number of carbonyl (C=O) groups excluding carboxylic acids is 1. The first-order valence-electron chi connectivity index (χ1n) is 10.8. The number of sulfonamides is 1. The zero-order chi connectivity index (χ0) is 24.0. The molecule has 0 radical (unpaired) electrons. The molecule has 2 saturated heterocycles. The number of aliphatic hydroxyl groups excluding tert-OH is 1. The van der Waals surface area contributed by atoms with E-state index in [1.165, 1.54) is 24.3 Å². The Morgan fingerprint density at radius 3 is 2.18 bits per heavy atom. The highest BCUT2D eigenvalue weighted by Crippen LogP contribution is 2.44. The van der Waals surface area contributed by atoms with Gasteiger partial charge in [0.25, 0.3) is 0 Å². The predicted molar refractivity (Wildman–Crippen MR) is 121 cm³/mol. The molecule has 0 unspecified atom stereocenters. The lowest BCUT2D eigenvalue weighted by atomic mass is 9.74. The van der Waals surface area contributed by atoms with Gasteiger partial charge in [-0.2, -0.15) is 4.31 Å². The highest BCUT2D eigenvalue weighted by molar-refractivity contribution is 7.89. The lowest BCUT2D eigenvalue weighted by Crippen LogP contribution is -2.73. The Balaban J connectivity index is 1.42. The van der Waals surface area contributed by atoms with Crippen molar-refractivity contribution >= 4 is 15.9 Å². The molecule has 2 heterocycles. The molecule has 0 spiro atoms. The van der Waals surface area contributed by atoms with Gasteiger partial charge in [0.2, 0.25) is 15.9 Å². The molecule has 2 aliphatic heterocycles. The summed E-state index contributed by atoms with van der Waals surface area (Å²) in [6.45, 7) is -0.559. The first kappa shape index (κ1) is 22.6. The third-order valence-corrected chi connectivity index (χ3v) is 8.44. The van der Waals surface area contributed by atoms with Gasteiger partial charge in [0.15, 0.2) is 0 Å². The molecule has 34 heavy (non-hydrogen) atoms. The van der Waals surface area contributed by atoms with Crippen LogP contribution in [0.4, 0.5) is 8.78 Å². The highest BCUT2D eigenvalue weighted by atomic mass is 32.2. The first-order chi connectivity index (χ1) is 16.3. The third-order valence-electron chi connectivity index (χ3n) is 6.63. The molecule has 3 atom stereocenters. The normalized spacial score (nSPS) is 22.9. The maximum absolute atomic E-state index is 13.6. The molecule has 0 bridgehead atoms. The number of rotatable bonds is 5. The van der Waals surface area contributed by atoms with E-state index in [0.29, 0.717) is 0 Å². The Morgan fingerprint density at radius 2 is 1.56 bits per heavy atom. The second kappa shape index (κ2) is 8.57. The molecule has 0 saturated carbocycles. The van der Waals surface area contributed by atoms with E-state index in [0.717, 1.165) is 33.1 Å². The molecular weight excluding hydrogens is 462 g/mol. The van der Waals surface area contributed by atoms with Gasteiger partial charge in [0.05, 0.1) is 30.1 Å². The Bertz CT molecular complexity index is 1330. The number of fused-ring (bicyclic) bond motifs is 1. The Morgan fingerprint density at radius 1 is 0.912 bits per heavy atom.